The summed E-state index contributed by atoms with van der Waals surface area (Å²) in [6.07, 6.45) is 3.21. The summed E-state index contributed by atoms with van der Waals surface area (Å²) in [6.45, 7) is 0. The zero-order chi connectivity index (χ0) is 14.5. The third kappa shape index (κ3) is 2.94. The number of carbonyl (C=O) groups is 1. The van der Waals surface area contributed by atoms with Gasteiger partial charge in [-0.15, -0.1) is 0 Å². The molecule has 20 heavy (non-hydrogen) atoms. The SMILES string of the molecule is COc1cc(F)ccc1-c1cnc(N=C(N)C=O)cn1. The maximum Gasteiger partial charge on any atom is 0.184 e. The summed E-state index contributed by atoms with van der Waals surface area (Å²) in [7, 11) is 1.44. The Morgan fingerprint density at radius 3 is 2.80 bits per heavy atom. The van der Waals surface area contributed by atoms with Gasteiger partial charge in [0.05, 0.1) is 25.2 Å². The summed E-state index contributed by atoms with van der Waals surface area (Å²) >= 11 is 0. The minimum atomic E-state index is -0.404. The Hall–Kier alpha value is -2.83. The zero-order valence-corrected chi connectivity index (χ0v) is 10.6. The molecule has 7 heteroatoms. The predicted molar refractivity (Wildman–Crippen MR) is 71.3 cm³/mol. The second kappa shape index (κ2) is 5.87. The van der Waals surface area contributed by atoms with E-state index in [9.17, 15) is 9.18 Å². The molecule has 0 radical (unpaired) electrons. The van der Waals surface area contributed by atoms with Gasteiger partial charge in [0.15, 0.2) is 17.9 Å². The van der Waals surface area contributed by atoms with Crippen LogP contribution in [0.2, 0.25) is 0 Å². The Kier molecular flexibility index (Phi) is 3.99. The van der Waals surface area contributed by atoms with Crippen molar-refractivity contribution in [2.75, 3.05) is 7.11 Å². The van der Waals surface area contributed by atoms with Crippen LogP contribution < -0.4 is 10.5 Å². The highest BCUT2D eigenvalue weighted by atomic mass is 19.1. The number of aldehydes is 1. The molecule has 102 valence electrons. The lowest BCUT2D eigenvalue weighted by molar-refractivity contribution is -0.102. The van der Waals surface area contributed by atoms with E-state index in [4.69, 9.17) is 10.5 Å². The number of halogens is 1. The van der Waals surface area contributed by atoms with Gasteiger partial charge in [-0.3, -0.25) is 9.78 Å². The Balaban J connectivity index is 2.37. The van der Waals surface area contributed by atoms with Crippen molar-refractivity contribution in [3.63, 3.8) is 0 Å². The van der Waals surface area contributed by atoms with Gasteiger partial charge in [-0.25, -0.2) is 14.4 Å². The van der Waals surface area contributed by atoms with E-state index in [-0.39, 0.29) is 11.7 Å². The first kappa shape index (κ1) is 13.6. The summed E-state index contributed by atoms with van der Waals surface area (Å²) in [6, 6.07) is 4.10. The number of aliphatic imine (C=N–C) groups is 1. The molecule has 0 amide bonds. The molecule has 0 fully saturated rings. The smallest absolute Gasteiger partial charge is 0.184 e. The van der Waals surface area contributed by atoms with E-state index in [1.807, 2.05) is 0 Å². The van der Waals surface area contributed by atoms with E-state index in [0.29, 0.717) is 23.3 Å². The number of hydrogen-bond acceptors (Lipinski definition) is 5. The lowest BCUT2D eigenvalue weighted by atomic mass is 10.1. The van der Waals surface area contributed by atoms with E-state index >= 15 is 0 Å². The average molecular weight is 274 g/mol. The largest absolute Gasteiger partial charge is 0.496 e. The topological polar surface area (TPSA) is 90.5 Å². The van der Waals surface area contributed by atoms with Crippen molar-refractivity contribution in [3.05, 3.63) is 36.4 Å². The first-order chi connectivity index (χ1) is 9.63. The predicted octanol–water partition coefficient (Wildman–Crippen LogP) is 1.48. The molecule has 1 aromatic carbocycles. The molecule has 1 heterocycles. The molecule has 0 spiro atoms. The van der Waals surface area contributed by atoms with Gasteiger partial charge in [-0.05, 0) is 12.1 Å². The van der Waals surface area contributed by atoms with Gasteiger partial charge in [-0.1, -0.05) is 0 Å². The number of amidine groups is 1. The van der Waals surface area contributed by atoms with Crippen LogP contribution in [-0.4, -0.2) is 29.2 Å². The molecule has 0 aliphatic carbocycles. The first-order valence-electron chi connectivity index (χ1n) is 5.59. The molecule has 0 unspecified atom stereocenters. The van der Waals surface area contributed by atoms with E-state index in [1.165, 1.54) is 31.6 Å². The maximum atomic E-state index is 13.1. The quantitative estimate of drug-likeness (QED) is 0.518. The number of benzene rings is 1. The van der Waals surface area contributed by atoms with Crippen molar-refractivity contribution in [1.29, 1.82) is 0 Å². The molecule has 0 atom stereocenters. The van der Waals surface area contributed by atoms with Gasteiger partial charge in [0, 0.05) is 11.6 Å². The molecule has 0 bridgehead atoms. The Bertz CT molecular complexity index is 656. The Morgan fingerprint density at radius 1 is 1.40 bits per heavy atom. The highest BCUT2D eigenvalue weighted by Crippen LogP contribution is 2.29. The van der Waals surface area contributed by atoms with Crippen molar-refractivity contribution in [2.45, 2.75) is 0 Å². The molecular weight excluding hydrogens is 263 g/mol. The second-order valence-electron chi connectivity index (χ2n) is 3.76. The number of aromatic nitrogens is 2. The molecule has 2 N–H and O–H groups in total. The average Bonchev–Trinajstić information content (AvgIpc) is 2.48. The third-order valence-corrected chi connectivity index (χ3v) is 2.44. The van der Waals surface area contributed by atoms with Crippen LogP contribution in [0, 0.1) is 5.82 Å². The molecule has 2 rings (SSSR count). The first-order valence-corrected chi connectivity index (χ1v) is 5.59. The monoisotopic (exact) mass is 274 g/mol. The number of methoxy groups -OCH3 is 1. The van der Waals surface area contributed by atoms with Gasteiger partial charge < -0.3 is 10.5 Å². The fourth-order valence-electron chi connectivity index (χ4n) is 1.55. The molecule has 0 aliphatic rings. The molecule has 0 aliphatic heterocycles. The molecule has 1 aromatic heterocycles. The minimum absolute atomic E-state index is 0.189. The number of nitrogens with two attached hydrogens (primary N) is 1. The summed E-state index contributed by atoms with van der Waals surface area (Å²) in [5.74, 6) is -0.0349. The molecular formula is C13H11FN4O2. The molecule has 2 aromatic rings. The fraction of sp³-hybridized carbons (Fsp3) is 0.0769. The Morgan fingerprint density at radius 2 is 2.20 bits per heavy atom. The standard InChI is InChI=1S/C13H11FN4O2/c1-20-11-4-8(14)2-3-9(11)10-5-17-13(6-16-10)18-12(15)7-19/h2-7H,1H3,(H2,15,17,18). The molecule has 0 saturated carbocycles. The number of ether oxygens (including phenoxy) is 1. The van der Waals surface area contributed by atoms with Crippen LogP contribution in [0.25, 0.3) is 11.3 Å². The van der Waals surface area contributed by atoms with Gasteiger partial charge >= 0.3 is 0 Å². The number of hydrogen-bond donors (Lipinski definition) is 1. The number of rotatable bonds is 4. The van der Waals surface area contributed by atoms with Crippen molar-refractivity contribution in [2.24, 2.45) is 10.7 Å². The lowest BCUT2D eigenvalue weighted by Gasteiger charge is -2.07. The lowest BCUT2D eigenvalue weighted by Crippen LogP contribution is -2.11. The van der Waals surface area contributed by atoms with E-state index in [1.54, 1.807) is 6.07 Å². The minimum Gasteiger partial charge on any atom is -0.496 e. The highest BCUT2D eigenvalue weighted by Gasteiger charge is 2.09. The van der Waals surface area contributed by atoms with E-state index in [2.05, 4.69) is 15.0 Å². The van der Waals surface area contributed by atoms with Gasteiger partial charge in [0.1, 0.15) is 11.6 Å². The third-order valence-electron chi connectivity index (χ3n) is 2.44. The van der Waals surface area contributed by atoms with Crippen LogP contribution in [0.5, 0.6) is 5.75 Å². The second-order valence-corrected chi connectivity index (χ2v) is 3.76. The fourth-order valence-corrected chi connectivity index (χ4v) is 1.55. The number of carbonyl (C=O) groups excluding carboxylic acids is 1. The van der Waals surface area contributed by atoms with Crippen LogP contribution in [0.3, 0.4) is 0 Å². The van der Waals surface area contributed by atoms with Gasteiger partial charge in [0.25, 0.3) is 0 Å². The Labute approximate surface area is 114 Å². The van der Waals surface area contributed by atoms with Gasteiger partial charge in [0.2, 0.25) is 0 Å². The summed E-state index contributed by atoms with van der Waals surface area (Å²) in [5, 5.41) is 0. The van der Waals surface area contributed by atoms with E-state index < -0.39 is 5.82 Å². The van der Waals surface area contributed by atoms with Crippen LogP contribution in [0.1, 0.15) is 0 Å². The zero-order valence-electron chi connectivity index (χ0n) is 10.6. The van der Waals surface area contributed by atoms with Crippen molar-refractivity contribution in [1.82, 2.24) is 9.97 Å². The summed E-state index contributed by atoms with van der Waals surface area (Å²) in [4.78, 5) is 22.2. The normalized spacial score (nSPS) is 11.2. The van der Waals surface area contributed by atoms with E-state index in [0.717, 1.165) is 0 Å². The van der Waals surface area contributed by atoms with Crippen LogP contribution >= 0.6 is 0 Å². The van der Waals surface area contributed by atoms with Crippen LogP contribution in [0.4, 0.5) is 10.2 Å². The molecule has 0 saturated heterocycles. The van der Waals surface area contributed by atoms with Crippen LogP contribution in [-0.2, 0) is 4.79 Å². The maximum absolute atomic E-state index is 13.1. The summed E-state index contributed by atoms with van der Waals surface area (Å²) < 4.78 is 18.2. The highest BCUT2D eigenvalue weighted by molar-refractivity contribution is 6.26. The van der Waals surface area contributed by atoms with Crippen LogP contribution in [0.15, 0.2) is 35.6 Å². The van der Waals surface area contributed by atoms with Crippen molar-refractivity contribution < 1.29 is 13.9 Å². The van der Waals surface area contributed by atoms with Crippen molar-refractivity contribution >= 4 is 17.9 Å². The van der Waals surface area contributed by atoms with Gasteiger partial charge in [-0.2, -0.15) is 0 Å². The number of nitrogens with zero attached hydrogens (tertiary/aromatic N) is 3. The molecule has 6 nitrogen and oxygen atoms in total. The van der Waals surface area contributed by atoms with Crippen molar-refractivity contribution in [3.8, 4) is 17.0 Å². The summed E-state index contributed by atoms with van der Waals surface area (Å²) in [5.41, 5.74) is 6.36.